The van der Waals surface area contributed by atoms with Gasteiger partial charge in [-0.3, -0.25) is 0 Å². The third kappa shape index (κ3) is 3.64. The molecule has 0 fully saturated rings. The highest BCUT2D eigenvalue weighted by atomic mass is 35.5. The molecule has 0 radical (unpaired) electrons. The van der Waals surface area contributed by atoms with E-state index in [-0.39, 0.29) is 17.0 Å². The summed E-state index contributed by atoms with van der Waals surface area (Å²) in [5.41, 5.74) is 5.72. The maximum absolute atomic E-state index is 13.0. The zero-order valence-corrected chi connectivity index (χ0v) is 8.95. The van der Waals surface area contributed by atoms with Gasteiger partial charge >= 0.3 is 6.18 Å². The van der Waals surface area contributed by atoms with Crippen molar-refractivity contribution < 1.29 is 17.6 Å². The summed E-state index contributed by atoms with van der Waals surface area (Å²) in [5.74, 6) is -0.679. The molecule has 1 nitrogen and oxygen atoms in total. The third-order valence-electron chi connectivity index (χ3n) is 2.12. The van der Waals surface area contributed by atoms with E-state index >= 15 is 0 Å². The molecule has 0 bridgehead atoms. The first kappa shape index (κ1) is 13.3. The van der Waals surface area contributed by atoms with Crippen LogP contribution < -0.4 is 5.73 Å². The molecule has 0 aliphatic heterocycles. The normalized spacial score (nSPS) is 13.9. The topological polar surface area (TPSA) is 26.0 Å². The van der Waals surface area contributed by atoms with Crippen LogP contribution in [0.2, 0.25) is 5.02 Å². The van der Waals surface area contributed by atoms with E-state index in [4.69, 9.17) is 17.3 Å². The van der Waals surface area contributed by atoms with E-state index in [1.807, 2.05) is 0 Å². The zero-order valence-electron chi connectivity index (χ0n) is 8.19. The lowest BCUT2D eigenvalue weighted by atomic mass is 10.0. The van der Waals surface area contributed by atoms with Gasteiger partial charge in [0.2, 0.25) is 0 Å². The molecule has 0 aliphatic rings. The molecule has 2 N–H and O–H groups in total. The highest BCUT2D eigenvalue weighted by Gasteiger charge is 2.28. The van der Waals surface area contributed by atoms with Crippen LogP contribution in [0, 0.1) is 5.82 Å². The zero-order chi connectivity index (χ0) is 12.3. The number of halogens is 5. The van der Waals surface area contributed by atoms with Crippen LogP contribution in [-0.2, 0) is 0 Å². The molecule has 0 heterocycles. The van der Waals surface area contributed by atoms with E-state index in [0.717, 1.165) is 6.07 Å². The van der Waals surface area contributed by atoms with Gasteiger partial charge < -0.3 is 5.73 Å². The summed E-state index contributed by atoms with van der Waals surface area (Å²) < 4.78 is 48.9. The van der Waals surface area contributed by atoms with Crippen LogP contribution in [0.15, 0.2) is 18.2 Å². The van der Waals surface area contributed by atoms with E-state index in [1.165, 1.54) is 12.1 Å². The highest BCUT2D eigenvalue weighted by Crippen LogP contribution is 2.30. The Bertz CT molecular complexity index is 364. The molecule has 0 unspecified atom stereocenters. The maximum Gasteiger partial charge on any atom is 0.389 e. The number of benzene rings is 1. The summed E-state index contributed by atoms with van der Waals surface area (Å²) in [6.07, 6.45) is -5.59. The van der Waals surface area contributed by atoms with Gasteiger partial charge in [-0.15, -0.1) is 0 Å². The van der Waals surface area contributed by atoms with Crippen LogP contribution in [0.4, 0.5) is 17.6 Å². The number of alkyl halides is 3. The van der Waals surface area contributed by atoms with Gasteiger partial charge in [0.25, 0.3) is 0 Å². The second-order valence-corrected chi connectivity index (χ2v) is 3.78. The average Bonchev–Trinajstić information content (AvgIpc) is 2.17. The van der Waals surface area contributed by atoms with Gasteiger partial charge in [0.05, 0.1) is 5.02 Å². The van der Waals surface area contributed by atoms with Crippen molar-refractivity contribution in [1.82, 2.24) is 0 Å². The summed E-state index contributed by atoms with van der Waals surface area (Å²) in [6, 6.07) is 3.00. The van der Waals surface area contributed by atoms with E-state index < -0.39 is 24.5 Å². The second kappa shape index (κ2) is 5.01. The van der Waals surface area contributed by atoms with Crippen LogP contribution in [0.5, 0.6) is 0 Å². The monoisotopic (exact) mass is 255 g/mol. The molecule has 1 atom stereocenters. The fourth-order valence-electron chi connectivity index (χ4n) is 1.28. The number of hydrogen-bond acceptors (Lipinski definition) is 1. The van der Waals surface area contributed by atoms with Gasteiger partial charge in [-0.25, -0.2) is 4.39 Å². The Morgan fingerprint density at radius 1 is 1.31 bits per heavy atom. The predicted molar refractivity (Wildman–Crippen MR) is 53.6 cm³/mol. The fourth-order valence-corrected chi connectivity index (χ4v) is 1.55. The second-order valence-electron chi connectivity index (χ2n) is 3.40. The highest BCUT2D eigenvalue weighted by molar-refractivity contribution is 6.31. The van der Waals surface area contributed by atoms with E-state index in [1.54, 1.807) is 0 Å². The van der Waals surface area contributed by atoms with E-state index in [0.29, 0.717) is 0 Å². The van der Waals surface area contributed by atoms with Gasteiger partial charge in [-0.2, -0.15) is 13.2 Å². The number of hydrogen-bond donors (Lipinski definition) is 1. The van der Waals surface area contributed by atoms with Gasteiger partial charge in [0.1, 0.15) is 5.82 Å². The lowest BCUT2D eigenvalue weighted by Gasteiger charge is -2.15. The third-order valence-corrected chi connectivity index (χ3v) is 2.52. The van der Waals surface area contributed by atoms with Crippen molar-refractivity contribution in [2.24, 2.45) is 5.73 Å². The minimum absolute atomic E-state index is 0.200. The lowest BCUT2D eigenvalue weighted by molar-refractivity contribution is -0.136. The maximum atomic E-state index is 13.0. The Morgan fingerprint density at radius 3 is 2.50 bits per heavy atom. The summed E-state index contributed by atoms with van der Waals surface area (Å²) in [5, 5.41) is -0.211. The van der Waals surface area contributed by atoms with Crippen molar-refractivity contribution in [3.8, 4) is 0 Å². The molecule has 16 heavy (non-hydrogen) atoms. The molecular weight excluding hydrogens is 246 g/mol. The summed E-state index contributed by atoms with van der Waals surface area (Å²) >= 11 is 5.60. The summed E-state index contributed by atoms with van der Waals surface area (Å²) in [4.78, 5) is 0. The van der Waals surface area contributed by atoms with Crippen molar-refractivity contribution in [3.05, 3.63) is 34.6 Å². The lowest BCUT2D eigenvalue weighted by Crippen LogP contribution is -2.16. The average molecular weight is 256 g/mol. The molecule has 0 amide bonds. The van der Waals surface area contributed by atoms with E-state index in [9.17, 15) is 17.6 Å². The summed E-state index contributed by atoms with van der Waals surface area (Å²) in [6.45, 7) is 0. The summed E-state index contributed by atoms with van der Waals surface area (Å²) in [7, 11) is 0. The van der Waals surface area contributed by atoms with Crippen LogP contribution >= 0.6 is 11.6 Å². The van der Waals surface area contributed by atoms with Crippen molar-refractivity contribution in [1.29, 1.82) is 0 Å². The number of rotatable bonds is 3. The van der Waals surface area contributed by atoms with Crippen LogP contribution in [0.25, 0.3) is 0 Å². The first-order valence-corrected chi connectivity index (χ1v) is 4.95. The van der Waals surface area contributed by atoms with Crippen molar-refractivity contribution in [3.63, 3.8) is 0 Å². The molecule has 1 aromatic carbocycles. The Kier molecular flexibility index (Phi) is 4.15. The predicted octanol–water partition coefficient (Wildman–Crippen LogP) is 3.82. The minimum Gasteiger partial charge on any atom is -0.324 e. The van der Waals surface area contributed by atoms with E-state index in [2.05, 4.69) is 0 Å². The van der Waals surface area contributed by atoms with Crippen molar-refractivity contribution in [2.45, 2.75) is 25.1 Å². The molecule has 0 saturated heterocycles. The van der Waals surface area contributed by atoms with Gasteiger partial charge in [-0.05, 0) is 18.1 Å². The smallest absolute Gasteiger partial charge is 0.324 e. The molecule has 6 heteroatoms. The quantitative estimate of drug-likeness (QED) is 0.817. The Labute approximate surface area is 95.2 Å². The molecule has 0 aromatic heterocycles. The first-order chi connectivity index (χ1) is 7.31. The van der Waals surface area contributed by atoms with Gasteiger partial charge in [0, 0.05) is 12.5 Å². The first-order valence-electron chi connectivity index (χ1n) is 4.57. The van der Waals surface area contributed by atoms with Gasteiger partial charge in [-0.1, -0.05) is 23.7 Å². The molecule has 0 saturated carbocycles. The van der Waals surface area contributed by atoms with Crippen LogP contribution in [0.1, 0.15) is 24.4 Å². The van der Waals surface area contributed by atoms with Crippen LogP contribution in [-0.4, -0.2) is 6.18 Å². The van der Waals surface area contributed by atoms with Crippen molar-refractivity contribution in [2.75, 3.05) is 0 Å². The Hall–Kier alpha value is -0.810. The Morgan fingerprint density at radius 2 is 1.94 bits per heavy atom. The molecular formula is C10H10ClF4N. The minimum atomic E-state index is -4.27. The molecule has 1 rings (SSSR count). The molecule has 0 spiro atoms. The molecule has 1 aromatic rings. The molecule has 0 aliphatic carbocycles. The Balaban J connectivity index is 2.73. The molecule has 90 valence electrons. The largest absolute Gasteiger partial charge is 0.389 e. The van der Waals surface area contributed by atoms with Crippen LogP contribution in [0.3, 0.4) is 0 Å². The fraction of sp³-hybridized carbons (Fsp3) is 0.400. The standard InChI is InChI=1S/C10H10ClF4N/c11-9-6(2-1-3-7(9)12)8(16)4-5-10(13,14)15/h1-3,8H,4-5,16H2/t8-/m0/s1. The number of nitrogens with two attached hydrogens (primary N) is 1. The van der Waals surface area contributed by atoms with Gasteiger partial charge in [0.15, 0.2) is 0 Å². The SMILES string of the molecule is N[C@@H](CCC(F)(F)F)c1cccc(F)c1Cl. The van der Waals surface area contributed by atoms with Crippen molar-refractivity contribution >= 4 is 11.6 Å².